The summed E-state index contributed by atoms with van der Waals surface area (Å²) in [5, 5.41) is 10.5. The van der Waals surface area contributed by atoms with Gasteiger partial charge in [0.25, 0.3) is 0 Å². The molecule has 0 aliphatic carbocycles. The maximum absolute atomic E-state index is 12.9. The molecule has 4 rings (SSSR count). The molecule has 1 amide bonds. The molecular weight excluding hydrogens is 354 g/mol. The Labute approximate surface area is 153 Å². The number of amides is 1. The number of fused-ring (bicyclic) bond motifs is 1. The van der Waals surface area contributed by atoms with Gasteiger partial charge in [0, 0.05) is 12.2 Å². The highest BCUT2D eigenvalue weighted by atomic mass is 32.2. The first-order chi connectivity index (χ1) is 12.1. The molecule has 1 aromatic carbocycles. The van der Waals surface area contributed by atoms with Crippen molar-refractivity contribution in [3.8, 4) is 10.7 Å². The van der Waals surface area contributed by atoms with Crippen molar-refractivity contribution >= 4 is 34.7 Å². The summed E-state index contributed by atoms with van der Waals surface area (Å²) in [6.07, 6.45) is 0.898. The molecule has 3 heterocycles. The second-order valence-electron chi connectivity index (χ2n) is 5.78. The van der Waals surface area contributed by atoms with Crippen LogP contribution >= 0.6 is 23.1 Å². The van der Waals surface area contributed by atoms with E-state index in [4.69, 9.17) is 5.84 Å². The van der Waals surface area contributed by atoms with Crippen LogP contribution in [-0.4, -0.2) is 32.6 Å². The normalized spacial score (nSPS) is 14.5. The first-order valence-corrected chi connectivity index (χ1v) is 9.71. The van der Waals surface area contributed by atoms with Crippen molar-refractivity contribution in [3.63, 3.8) is 0 Å². The highest BCUT2D eigenvalue weighted by molar-refractivity contribution is 8.00. The molecule has 2 N–H and O–H groups in total. The third kappa shape index (κ3) is 2.91. The van der Waals surface area contributed by atoms with E-state index < -0.39 is 0 Å². The van der Waals surface area contributed by atoms with Crippen molar-refractivity contribution in [1.29, 1.82) is 0 Å². The minimum atomic E-state index is -0.297. The van der Waals surface area contributed by atoms with E-state index in [2.05, 4.69) is 16.3 Å². The lowest BCUT2D eigenvalue weighted by atomic mass is 10.2. The number of nitrogens with two attached hydrogens (primary N) is 1. The van der Waals surface area contributed by atoms with E-state index in [1.54, 1.807) is 11.3 Å². The van der Waals surface area contributed by atoms with Gasteiger partial charge in [-0.05, 0) is 36.4 Å². The van der Waals surface area contributed by atoms with Gasteiger partial charge >= 0.3 is 0 Å². The number of benzene rings is 1. The summed E-state index contributed by atoms with van der Waals surface area (Å²) in [5.41, 5.74) is 2.23. The second-order valence-corrected chi connectivity index (χ2v) is 8.04. The van der Waals surface area contributed by atoms with Crippen LogP contribution < -0.4 is 10.7 Å². The highest BCUT2D eigenvalue weighted by Crippen LogP contribution is 2.32. The van der Waals surface area contributed by atoms with Crippen LogP contribution in [0.4, 0.5) is 5.69 Å². The van der Waals surface area contributed by atoms with Gasteiger partial charge < -0.3 is 10.7 Å². The minimum Gasteiger partial charge on any atom is -0.335 e. The van der Waals surface area contributed by atoms with Gasteiger partial charge in [0.05, 0.1) is 10.1 Å². The standard InChI is InChI=1S/C17H17N5OS2/c1-11(16(23)21-9-8-12-5-2-3-6-13(12)21)25-17-20-19-15(22(17)18)14-7-4-10-24-14/h2-7,10-11H,8-9,18H2,1H3/t11-/m1/s1. The Bertz CT molecular complexity index is 906. The molecule has 2 aromatic heterocycles. The zero-order chi connectivity index (χ0) is 17.4. The quantitative estimate of drug-likeness (QED) is 0.564. The van der Waals surface area contributed by atoms with Gasteiger partial charge in [0.15, 0.2) is 5.82 Å². The molecule has 25 heavy (non-hydrogen) atoms. The summed E-state index contributed by atoms with van der Waals surface area (Å²) in [6, 6.07) is 11.9. The van der Waals surface area contributed by atoms with Crippen LogP contribution in [0.2, 0.25) is 0 Å². The monoisotopic (exact) mass is 371 g/mol. The second kappa shape index (κ2) is 6.53. The molecule has 128 valence electrons. The average molecular weight is 371 g/mol. The van der Waals surface area contributed by atoms with Crippen molar-refractivity contribution in [2.24, 2.45) is 0 Å². The van der Waals surface area contributed by atoms with E-state index in [0.29, 0.717) is 11.0 Å². The largest absolute Gasteiger partial charge is 0.335 e. The Kier molecular flexibility index (Phi) is 4.22. The van der Waals surface area contributed by atoms with Crippen molar-refractivity contribution in [1.82, 2.24) is 14.9 Å². The van der Waals surface area contributed by atoms with E-state index in [9.17, 15) is 4.79 Å². The number of anilines is 1. The Hall–Kier alpha value is -2.32. The number of aromatic nitrogens is 3. The maximum Gasteiger partial charge on any atom is 0.240 e. The fourth-order valence-electron chi connectivity index (χ4n) is 2.93. The summed E-state index contributed by atoms with van der Waals surface area (Å²) in [5.74, 6) is 6.81. The van der Waals surface area contributed by atoms with E-state index in [1.165, 1.54) is 22.0 Å². The number of nitrogens with zero attached hydrogens (tertiary/aromatic N) is 4. The van der Waals surface area contributed by atoms with Crippen LogP contribution in [0.3, 0.4) is 0 Å². The van der Waals surface area contributed by atoms with Crippen LogP contribution in [-0.2, 0) is 11.2 Å². The topological polar surface area (TPSA) is 77.0 Å². The summed E-state index contributed by atoms with van der Waals surface area (Å²) in [4.78, 5) is 15.7. The molecule has 0 fully saturated rings. The molecule has 0 bridgehead atoms. The number of nitrogen functional groups attached to an aromatic ring is 1. The fourth-order valence-corrected chi connectivity index (χ4v) is 4.46. The third-order valence-electron chi connectivity index (χ3n) is 4.19. The highest BCUT2D eigenvalue weighted by Gasteiger charge is 2.29. The predicted molar refractivity (Wildman–Crippen MR) is 101 cm³/mol. The molecule has 1 aliphatic heterocycles. The van der Waals surface area contributed by atoms with Gasteiger partial charge in [-0.15, -0.1) is 21.5 Å². The summed E-state index contributed by atoms with van der Waals surface area (Å²) >= 11 is 2.89. The molecule has 1 atom stereocenters. The lowest BCUT2D eigenvalue weighted by Gasteiger charge is -2.21. The smallest absolute Gasteiger partial charge is 0.240 e. The fraction of sp³-hybridized carbons (Fsp3) is 0.235. The number of para-hydroxylation sites is 1. The number of carbonyl (C=O) groups excluding carboxylic acids is 1. The summed E-state index contributed by atoms with van der Waals surface area (Å²) in [6.45, 7) is 2.60. The maximum atomic E-state index is 12.9. The van der Waals surface area contributed by atoms with Gasteiger partial charge in [0.1, 0.15) is 0 Å². The van der Waals surface area contributed by atoms with Gasteiger partial charge in [-0.1, -0.05) is 36.0 Å². The predicted octanol–water partition coefficient (Wildman–Crippen LogP) is 2.79. The van der Waals surface area contributed by atoms with Gasteiger partial charge in [-0.3, -0.25) is 4.79 Å². The Balaban J connectivity index is 1.51. The number of thiophene rings is 1. The van der Waals surface area contributed by atoms with Crippen molar-refractivity contribution in [3.05, 3.63) is 47.3 Å². The third-order valence-corrected chi connectivity index (χ3v) is 6.10. The molecule has 8 heteroatoms. The zero-order valence-corrected chi connectivity index (χ0v) is 15.3. The van der Waals surface area contributed by atoms with Crippen LogP contribution in [0.25, 0.3) is 10.7 Å². The molecule has 0 spiro atoms. The van der Waals surface area contributed by atoms with Crippen molar-refractivity contribution < 1.29 is 4.79 Å². The van der Waals surface area contributed by atoms with Gasteiger partial charge in [0.2, 0.25) is 11.1 Å². The van der Waals surface area contributed by atoms with E-state index in [-0.39, 0.29) is 11.2 Å². The average Bonchev–Trinajstić information content (AvgIpc) is 3.35. The zero-order valence-electron chi connectivity index (χ0n) is 13.6. The lowest BCUT2D eigenvalue weighted by molar-refractivity contribution is -0.117. The van der Waals surface area contributed by atoms with Crippen molar-refractivity contribution in [2.75, 3.05) is 17.3 Å². The van der Waals surface area contributed by atoms with Crippen LogP contribution in [0, 0.1) is 0 Å². The molecule has 0 unspecified atom stereocenters. The SMILES string of the molecule is C[C@@H](Sc1nnc(-c2cccs2)n1N)C(=O)N1CCc2ccccc21. The number of thioether (sulfide) groups is 1. The van der Waals surface area contributed by atoms with E-state index in [1.807, 2.05) is 47.5 Å². The number of rotatable bonds is 4. The first kappa shape index (κ1) is 16.2. The molecule has 3 aromatic rings. The van der Waals surface area contributed by atoms with Crippen LogP contribution in [0.5, 0.6) is 0 Å². The molecule has 0 saturated carbocycles. The molecular formula is C17H17N5OS2. The Morgan fingerprint density at radius 1 is 1.28 bits per heavy atom. The molecule has 6 nitrogen and oxygen atoms in total. The minimum absolute atomic E-state index is 0.0654. The van der Waals surface area contributed by atoms with Crippen molar-refractivity contribution in [2.45, 2.75) is 23.8 Å². The molecule has 1 aliphatic rings. The number of hydrogen-bond donors (Lipinski definition) is 1. The molecule has 0 radical (unpaired) electrons. The summed E-state index contributed by atoms with van der Waals surface area (Å²) < 4.78 is 1.46. The number of carbonyl (C=O) groups is 1. The van der Waals surface area contributed by atoms with Gasteiger partial charge in [-0.25, -0.2) is 4.68 Å². The first-order valence-electron chi connectivity index (χ1n) is 7.95. The van der Waals surface area contributed by atoms with E-state index >= 15 is 0 Å². The lowest BCUT2D eigenvalue weighted by Crippen LogP contribution is -2.35. The van der Waals surface area contributed by atoms with Gasteiger partial charge in [-0.2, -0.15) is 0 Å². The summed E-state index contributed by atoms with van der Waals surface area (Å²) in [7, 11) is 0. The Morgan fingerprint density at radius 3 is 2.92 bits per heavy atom. The van der Waals surface area contributed by atoms with Crippen LogP contribution in [0.1, 0.15) is 12.5 Å². The van der Waals surface area contributed by atoms with E-state index in [0.717, 1.165) is 23.5 Å². The Morgan fingerprint density at radius 2 is 2.12 bits per heavy atom. The molecule has 0 saturated heterocycles. The number of hydrogen-bond acceptors (Lipinski definition) is 6. The van der Waals surface area contributed by atoms with Crippen LogP contribution in [0.15, 0.2) is 46.9 Å².